The standard InChI is InChI=1S/C17H23N5OS/c1-20-12-18-19-17(20)14-3-2-6-22(10-14)16(23)11-21-7-4-15-13(9-21)5-8-24-15/h5,8,12,14H,2-4,6-7,9-11H2,1H3/t14-/m0/s1. The van der Waals surface area contributed by atoms with Crippen LogP contribution in [0.1, 0.15) is 35.0 Å². The van der Waals surface area contributed by atoms with E-state index in [-0.39, 0.29) is 5.91 Å². The summed E-state index contributed by atoms with van der Waals surface area (Å²) in [6, 6.07) is 2.20. The normalized spacial score (nSPS) is 21.7. The Morgan fingerprint density at radius 3 is 3.17 bits per heavy atom. The summed E-state index contributed by atoms with van der Waals surface area (Å²) < 4.78 is 1.97. The second kappa shape index (κ2) is 6.64. The van der Waals surface area contributed by atoms with Gasteiger partial charge in [-0.1, -0.05) is 0 Å². The molecule has 4 rings (SSSR count). The number of carbonyl (C=O) groups excluding carboxylic acids is 1. The van der Waals surface area contributed by atoms with E-state index in [0.717, 1.165) is 51.3 Å². The van der Waals surface area contributed by atoms with Gasteiger partial charge in [-0.25, -0.2) is 0 Å². The third kappa shape index (κ3) is 3.10. The van der Waals surface area contributed by atoms with Gasteiger partial charge < -0.3 is 9.47 Å². The molecule has 0 saturated carbocycles. The SMILES string of the molecule is Cn1cnnc1[C@H]1CCCN(C(=O)CN2CCc3sccc3C2)C1. The van der Waals surface area contributed by atoms with Gasteiger partial charge in [0.1, 0.15) is 12.2 Å². The maximum absolute atomic E-state index is 12.8. The second-order valence-corrected chi connectivity index (χ2v) is 7.81. The van der Waals surface area contributed by atoms with Crippen LogP contribution in [-0.2, 0) is 24.8 Å². The smallest absolute Gasteiger partial charge is 0.236 e. The molecular weight excluding hydrogens is 322 g/mol. The fourth-order valence-corrected chi connectivity index (χ4v) is 4.70. The Kier molecular flexibility index (Phi) is 4.37. The molecule has 1 fully saturated rings. The molecule has 0 aromatic carbocycles. The number of aryl methyl sites for hydroxylation is 1. The lowest BCUT2D eigenvalue weighted by Gasteiger charge is -2.34. The highest BCUT2D eigenvalue weighted by atomic mass is 32.1. The highest BCUT2D eigenvalue weighted by Gasteiger charge is 2.29. The molecule has 0 aliphatic carbocycles. The van der Waals surface area contributed by atoms with E-state index < -0.39 is 0 Å². The maximum Gasteiger partial charge on any atom is 0.236 e. The van der Waals surface area contributed by atoms with Crippen molar-refractivity contribution in [1.82, 2.24) is 24.6 Å². The van der Waals surface area contributed by atoms with Gasteiger partial charge in [-0.05, 0) is 36.3 Å². The Balaban J connectivity index is 1.37. The van der Waals surface area contributed by atoms with Gasteiger partial charge in [0.05, 0.1) is 6.54 Å². The Hall–Kier alpha value is -1.73. The zero-order chi connectivity index (χ0) is 16.5. The Morgan fingerprint density at radius 1 is 1.42 bits per heavy atom. The zero-order valence-electron chi connectivity index (χ0n) is 14.0. The van der Waals surface area contributed by atoms with Crippen LogP contribution >= 0.6 is 11.3 Å². The molecule has 2 aromatic heterocycles. The summed E-state index contributed by atoms with van der Waals surface area (Å²) in [4.78, 5) is 18.5. The number of nitrogens with zero attached hydrogens (tertiary/aromatic N) is 5. The maximum atomic E-state index is 12.8. The molecule has 2 aliphatic heterocycles. The Morgan fingerprint density at radius 2 is 2.33 bits per heavy atom. The van der Waals surface area contributed by atoms with Crippen LogP contribution in [0.15, 0.2) is 17.8 Å². The molecule has 6 nitrogen and oxygen atoms in total. The molecule has 2 aromatic rings. The van der Waals surface area contributed by atoms with Crippen LogP contribution < -0.4 is 0 Å². The number of amides is 1. The highest BCUT2D eigenvalue weighted by Crippen LogP contribution is 2.26. The van der Waals surface area contributed by atoms with Crippen molar-refractivity contribution in [2.45, 2.75) is 31.7 Å². The van der Waals surface area contributed by atoms with Crippen LogP contribution in [0.3, 0.4) is 0 Å². The Labute approximate surface area is 146 Å². The number of likely N-dealkylation sites (tertiary alicyclic amines) is 1. The molecule has 1 saturated heterocycles. The van der Waals surface area contributed by atoms with Crippen LogP contribution in [0.5, 0.6) is 0 Å². The van der Waals surface area contributed by atoms with Crippen molar-refractivity contribution in [3.8, 4) is 0 Å². The summed E-state index contributed by atoms with van der Waals surface area (Å²) in [6.45, 7) is 4.05. The fraction of sp³-hybridized carbons (Fsp3) is 0.588. The number of carbonyl (C=O) groups is 1. The van der Waals surface area contributed by atoms with Gasteiger partial charge in [-0.3, -0.25) is 9.69 Å². The van der Waals surface area contributed by atoms with E-state index in [1.54, 1.807) is 6.33 Å². The monoisotopic (exact) mass is 345 g/mol. The average molecular weight is 345 g/mol. The third-order valence-electron chi connectivity index (χ3n) is 5.13. The van der Waals surface area contributed by atoms with Crippen molar-refractivity contribution in [3.63, 3.8) is 0 Å². The molecule has 4 heterocycles. The first-order chi connectivity index (χ1) is 11.7. The minimum absolute atomic E-state index is 0.251. The van der Waals surface area contributed by atoms with Gasteiger partial charge in [0.2, 0.25) is 5.91 Å². The van der Waals surface area contributed by atoms with Crippen LogP contribution in [0.25, 0.3) is 0 Å². The van der Waals surface area contributed by atoms with E-state index in [0.29, 0.717) is 12.5 Å². The average Bonchev–Trinajstić information content (AvgIpc) is 3.23. The van der Waals surface area contributed by atoms with E-state index in [1.165, 1.54) is 10.4 Å². The first kappa shape index (κ1) is 15.8. The lowest BCUT2D eigenvalue weighted by Crippen LogP contribution is -2.45. The van der Waals surface area contributed by atoms with Crippen LogP contribution in [0.2, 0.25) is 0 Å². The lowest BCUT2D eigenvalue weighted by molar-refractivity contribution is -0.133. The molecular formula is C17H23N5OS. The molecule has 24 heavy (non-hydrogen) atoms. The van der Waals surface area contributed by atoms with Crippen LogP contribution in [0.4, 0.5) is 0 Å². The molecule has 1 amide bonds. The number of hydrogen-bond donors (Lipinski definition) is 0. The first-order valence-electron chi connectivity index (χ1n) is 8.60. The Bertz CT molecular complexity index is 724. The summed E-state index contributed by atoms with van der Waals surface area (Å²) in [5.74, 6) is 1.55. The quantitative estimate of drug-likeness (QED) is 0.849. The van der Waals surface area contributed by atoms with E-state index in [9.17, 15) is 4.79 Å². The predicted octanol–water partition coefficient (Wildman–Crippen LogP) is 1.64. The van der Waals surface area contributed by atoms with Gasteiger partial charge in [-0.15, -0.1) is 21.5 Å². The fourth-order valence-electron chi connectivity index (χ4n) is 3.81. The van der Waals surface area contributed by atoms with Gasteiger partial charge >= 0.3 is 0 Å². The molecule has 0 N–H and O–H groups in total. The van der Waals surface area contributed by atoms with Crippen LogP contribution in [-0.4, -0.2) is 56.7 Å². The van der Waals surface area contributed by atoms with E-state index in [4.69, 9.17) is 0 Å². The van der Waals surface area contributed by atoms with Gasteiger partial charge in [-0.2, -0.15) is 0 Å². The third-order valence-corrected chi connectivity index (χ3v) is 6.15. The van der Waals surface area contributed by atoms with Crippen molar-refractivity contribution in [2.24, 2.45) is 7.05 Å². The van der Waals surface area contributed by atoms with Crippen molar-refractivity contribution in [3.05, 3.63) is 34.0 Å². The molecule has 7 heteroatoms. The van der Waals surface area contributed by atoms with E-state index >= 15 is 0 Å². The summed E-state index contributed by atoms with van der Waals surface area (Å²) in [5.41, 5.74) is 1.40. The number of hydrogen-bond acceptors (Lipinski definition) is 5. The zero-order valence-corrected chi connectivity index (χ0v) is 14.8. The second-order valence-electron chi connectivity index (χ2n) is 6.81. The molecule has 0 bridgehead atoms. The number of piperidine rings is 1. The van der Waals surface area contributed by atoms with Gasteiger partial charge in [0.25, 0.3) is 0 Å². The summed E-state index contributed by atoms with van der Waals surface area (Å²) >= 11 is 1.84. The largest absolute Gasteiger partial charge is 0.341 e. The highest BCUT2D eigenvalue weighted by molar-refractivity contribution is 7.10. The number of fused-ring (bicyclic) bond motifs is 1. The van der Waals surface area contributed by atoms with Gasteiger partial charge in [0.15, 0.2) is 0 Å². The number of aromatic nitrogens is 3. The molecule has 0 radical (unpaired) electrons. The van der Waals surface area contributed by atoms with Gasteiger partial charge in [0, 0.05) is 44.0 Å². The van der Waals surface area contributed by atoms with Crippen molar-refractivity contribution in [2.75, 3.05) is 26.2 Å². The topological polar surface area (TPSA) is 54.3 Å². The minimum Gasteiger partial charge on any atom is -0.341 e. The summed E-state index contributed by atoms with van der Waals surface area (Å²) in [7, 11) is 1.97. The predicted molar refractivity (Wildman–Crippen MR) is 92.9 cm³/mol. The van der Waals surface area contributed by atoms with E-state index in [1.807, 2.05) is 27.9 Å². The van der Waals surface area contributed by atoms with Crippen molar-refractivity contribution >= 4 is 17.2 Å². The van der Waals surface area contributed by atoms with E-state index in [2.05, 4.69) is 26.5 Å². The molecule has 128 valence electrons. The van der Waals surface area contributed by atoms with Crippen LogP contribution in [0, 0.1) is 0 Å². The number of rotatable bonds is 3. The molecule has 2 aliphatic rings. The lowest BCUT2D eigenvalue weighted by atomic mass is 9.97. The first-order valence-corrected chi connectivity index (χ1v) is 9.48. The molecule has 0 spiro atoms. The van der Waals surface area contributed by atoms with Crippen molar-refractivity contribution in [1.29, 1.82) is 0 Å². The summed E-state index contributed by atoms with van der Waals surface area (Å²) in [5, 5.41) is 10.4. The van der Waals surface area contributed by atoms with Crippen molar-refractivity contribution < 1.29 is 4.79 Å². The number of thiophene rings is 1. The summed E-state index contributed by atoms with van der Waals surface area (Å²) in [6.07, 6.45) is 4.93. The molecule has 1 atom stereocenters. The molecule has 0 unspecified atom stereocenters. The minimum atomic E-state index is 0.251.